The van der Waals surface area contributed by atoms with Gasteiger partial charge in [0.25, 0.3) is 0 Å². The summed E-state index contributed by atoms with van der Waals surface area (Å²) >= 11 is 0. The highest BCUT2D eigenvalue weighted by atomic mass is 32.2. The van der Waals surface area contributed by atoms with Crippen LogP contribution in [0.25, 0.3) is 0 Å². The molecule has 100 valence electrons. The van der Waals surface area contributed by atoms with Crippen LogP contribution in [0.15, 0.2) is 0 Å². The number of rotatable bonds is 4. The predicted molar refractivity (Wildman–Crippen MR) is 67.8 cm³/mol. The van der Waals surface area contributed by atoms with E-state index in [2.05, 4.69) is 5.32 Å². The molecule has 0 amide bonds. The smallest absolute Gasteiger partial charge is 0.150 e. The molecule has 0 aromatic heterocycles. The second-order valence-corrected chi connectivity index (χ2v) is 7.58. The molecule has 2 saturated heterocycles. The van der Waals surface area contributed by atoms with Crippen LogP contribution in [0.1, 0.15) is 25.7 Å². The molecule has 1 N–H and O–H groups in total. The third-order valence-electron chi connectivity index (χ3n) is 4.14. The Morgan fingerprint density at radius 1 is 1.29 bits per heavy atom. The number of hydrogen-bond donors (Lipinski definition) is 1. The van der Waals surface area contributed by atoms with E-state index in [9.17, 15) is 8.42 Å². The van der Waals surface area contributed by atoms with Crippen molar-refractivity contribution in [2.24, 2.45) is 11.8 Å². The maximum Gasteiger partial charge on any atom is 0.150 e. The fourth-order valence-corrected chi connectivity index (χ4v) is 4.91. The first-order valence-corrected chi connectivity index (χ1v) is 8.38. The van der Waals surface area contributed by atoms with E-state index in [-0.39, 0.29) is 0 Å². The number of nitrogens with one attached hydrogen (secondary N) is 1. The van der Waals surface area contributed by atoms with Gasteiger partial charge in [-0.2, -0.15) is 0 Å². The van der Waals surface area contributed by atoms with E-state index >= 15 is 0 Å². The first kappa shape index (κ1) is 13.3. The van der Waals surface area contributed by atoms with Crippen LogP contribution >= 0.6 is 0 Å². The maximum atomic E-state index is 11.5. The molecule has 2 aliphatic heterocycles. The quantitative estimate of drug-likeness (QED) is 0.814. The van der Waals surface area contributed by atoms with Gasteiger partial charge in [-0.3, -0.25) is 0 Å². The molecule has 2 heterocycles. The molecule has 0 saturated carbocycles. The van der Waals surface area contributed by atoms with Crippen LogP contribution < -0.4 is 5.32 Å². The molecule has 0 aliphatic carbocycles. The molecule has 17 heavy (non-hydrogen) atoms. The minimum absolute atomic E-state index is 0.313. The highest BCUT2D eigenvalue weighted by Crippen LogP contribution is 2.28. The first-order chi connectivity index (χ1) is 8.11. The predicted octanol–water partition coefficient (Wildman–Crippen LogP) is 0.826. The van der Waals surface area contributed by atoms with E-state index in [0.717, 1.165) is 38.9 Å². The summed E-state index contributed by atoms with van der Waals surface area (Å²) < 4.78 is 28.4. The molecule has 0 aromatic carbocycles. The fraction of sp³-hybridized carbons (Fsp3) is 1.00. The highest BCUT2D eigenvalue weighted by Gasteiger charge is 2.34. The van der Waals surface area contributed by atoms with Crippen molar-refractivity contribution in [1.82, 2.24) is 5.32 Å². The molecule has 0 bridgehead atoms. The van der Waals surface area contributed by atoms with Gasteiger partial charge < -0.3 is 10.1 Å². The number of ether oxygens (including phenoxy) is 1. The standard InChI is InChI=1S/C12H23NO3S/c1-13-12(8-10-2-5-16-6-3-10)11-4-7-17(14,15)9-11/h10-13H,2-9H2,1H3. The summed E-state index contributed by atoms with van der Waals surface area (Å²) in [5, 5.41) is 3.32. The molecule has 4 nitrogen and oxygen atoms in total. The second kappa shape index (κ2) is 5.67. The molecule has 0 spiro atoms. The number of hydrogen-bond acceptors (Lipinski definition) is 4. The Kier molecular flexibility index (Phi) is 4.44. The zero-order chi connectivity index (χ0) is 12.3. The Hall–Kier alpha value is -0.130. The topological polar surface area (TPSA) is 55.4 Å². The van der Waals surface area contributed by atoms with Gasteiger partial charge in [-0.1, -0.05) is 0 Å². The van der Waals surface area contributed by atoms with E-state index in [1.54, 1.807) is 0 Å². The van der Waals surface area contributed by atoms with E-state index < -0.39 is 9.84 Å². The lowest BCUT2D eigenvalue weighted by molar-refractivity contribution is 0.0587. The third kappa shape index (κ3) is 3.66. The molecule has 2 aliphatic rings. The normalized spacial score (nSPS) is 31.5. The van der Waals surface area contributed by atoms with E-state index in [1.807, 2.05) is 7.05 Å². The average Bonchev–Trinajstić information content (AvgIpc) is 2.68. The van der Waals surface area contributed by atoms with Crippen LogP contribution in [-0.4, -0.2) is 46.2 Å². The molecule has 2 fully saturated rings. The van der Waals surface area contributed by atoms with Crippen molar-refractivity contribution in [3.05, 3.63) is 0 Å². The first-order valence-electron chi connectivity index (χ1n) is 6.56. The summed E-state index contributed by atoms with van der Waals surface area (Å²) in [6, 6.07) is 0.357. The lowest BCUT2D eigenvalue weighted by Crippen LogP contribution is -2.37. The number of sulfone groups is 1. The van der Waals surface area contributed by atoms with Gasteiger partial charge in [-0.15, -0.1) is 0 Å². The Balaban J connectivity index is 1.88. The molecule has 2 unspecified atom stereocenters. The van der Waals surface area contributed by atoms with Crippen molar-refractivity contribution < 1.29 is 13.2 Å². The second-order valence-electron chi connectivity index (χ2n) is 5.35. The van der Waals surface area contributed by atoms with E-state index in [0.29, 0.717) is 29.4 Å². The minimum Gasteiger partial charge on any atom is -0.381 e. The van der Waals surface area contributed by atoms with E-state index in [1.165, 1.54) is 0 Å². The van der Waals surface area contributed by atoms with Crippen LogP contribution in [0.3, 0.4) is 0 Å². The third-order valence-corrected chi connectivity index (χ3v) is 5.93. The summed E-state index contributed by atoms with van der Waals surface area (Å²) in [4.78, 5) is 0. The average molecular weight is 261 g/mol. The Morgan fingerprint density at radius 2 is 2.00 bits per heavy atom. The Bertz CT molecular complexity index is 336. The van der Waals surface area contributed by atoms with Gasteiger partial charge in [0, 0.05) is 19.3 Å². The molecule has 0 radical (unpaired) electrons. The van der Waals surface area contributed by atoms with Crippen molar-refractivity contribution in [3.63, 3.8) is 0 Å². The molecular formula is C12H23NO3S. The van der Waals surface area contributed by atoms with Crippen LogP contribution in [0.4, 0.5) is 0 Å². The Morgan fingerprint density at radius 3 is 2.53 bits per heavy atom. The SMILES string of the molecule is CNC(CC1CCOCC1)C1CCS(=O)(=O)C1. The lowest BCUT2D eigenvalue weighted by atomic mass is 9.86. The van der Waals surface area contributed by atoms with Crippen molar-refractivity contribution in [2.75, 3.05) is 31.8 Å². The summed E-state index contributed by atoms with van der Waals surface area (Å²) in [7, 11) is -0.803. The van der Waals surface area contributed by atoms with Gasteiger partial charge in [0.15, 0.2) is 9.84 Å². The van der Waals surface area contributed by atoms with Gasteiger partial charge in [0.1, 0.15) is 0 Å². The Labute approximate surface area is 104 Å². The van der Waals surface area contributed by atoms with Gasteiger partial charge in [0.05, 0.1) is 11.5 Å². The van der Waals surface area contributed by atoms with E-state index in [4.69, 9.17) is 4.74 Å². The highest BCUT2D eigenvalue weighted by molar-refractivity contribution is 7.91. The van der Waals surface area contributed by atoms with Crippen molar-refractivity contribution in [2.45, 2.75) is 31.7 Å². The summed E-state index contributed by atoms with van der Waals surface area (Å²) in [5.74, 6) is 1.77. The minimum atomic E-state index is -2.76. The molecule has 5 heteroatoms. The van der Waals surface area contributed by atoms with Gasteiger partial charge >= 0.3 is 0 Å². The van der Waals surface area contributed by atoms with Crippen LogP contribution in [0.2, 0.25) is 0 Å². The lowest BCUT2D eigenvalue weighted by Gasteiger charge is -2.29. The summed E-state index contributed by atoms with van der Waals surface area (Å²) in [5.41, 5.74) is 0. The van der Waals surface area contributed by atoms with Crippen molar-refractivity contribution in [1.29, 1.82) is 0 Å². The molecule has 2 rings (SSSR count). The zero-order valence-corrected chi connectivity index (χ0v) is 11.3. The zero-order valence-electron chi connectivity index (χ0n) is 10.5. The largest absolute Gasteiger partial charge is 0.381 e. The molecule has 0 aromatic rings. The van der Waals surface area contributed by atoms with Crippen LogP contribution in [-0.2, 0) is 14.6 Å². The fourth-order valence-electron chi connectivity index (χ4n) is 3.03. The van der Waals surface area contributed by atoms with Crippen LogP contribution in [0.5, 0.6) is 0 Å². The van der Waals surface area contributed by atoms with Crippen LogP contribution in [0, 0.1) is 11.8 Å². The van der Waals surface area contributed by atoms with Crippen molar-refractivity contribution >= 4 is 9.84 Å². The van der Waals surface area contributed by atoms with Crippen molar-refractivity contribution in [3.8, 4) is 0 Å². The molecular weight excluding hydrogens is 238 g/mol. The van der Waals surface area contributed by atoms with Gasteiger partial charge in [-0.25, -0.2) is 8.42 Å². The summed E-state index contributed by atoms with van der Waals surface area (Å²) in [6.45, 7) is 1.73. The monoisotopic (exact) mass is 261 g/mol. The maximum absolute atomic E-state index is 11.5. The summed E-state index contributed by atoms with van der Waals surface area (Å²) in [6.07, 6.45) is 4.17. The van der Waals surface area contributed by atoms with Gasteiger partial charge in [-0.05, 0) is 44.6 Å². The van der Waals surface area contributed by atoms with Gasteiger partial charge in [0.2, 0.25) is 0 Å². The molecule has 2 atom stereocenters.